The monoisotopic (exact) mass is 348 g/mol. The Bertz CT molecular complexity index is 620. The van der Waals surface area contributed by atoms with E-state index in [1.807, 2.05) is 42.5 Å². The summed E-state index contributed by atoms with van der Waals surface area (Å²) < 4.78 is 5.83. The van der Waals surface area contributed by atoms with Crippen LogP contribution in [0.4, 0.5) is 0 Å². The fraction of sp³-hybridized carbons (Fsp3) is 0.368. The fourth-order valence-electron chi connectivity index (χ4n) is 2.24. The van der Waals surface area contributed by atoms with Crippen molar-refractivity contribution in [2.24, 2.45) is 0 Å². The molecule has 0 radical (unpaired) electrons. The van der Waals surface area contributed by atoms with Gasteiger partial charge in [0.05, 0.1) is 6.10 Å². The van der Waals surface area contributed by atoms with Crippen LogP contribution in [-0.2, 0) is 13.2 Å². The zero-order valence-corrected chi connectivity index (χ0v) is 14.7. The Kier molecular flexibility index (Phi) is 8.05. The number of halogens is 1. The third-order valence-corrected chi connectivity index (χ3v) is 3.87. The first-order valence-corrected chi connectivity index (χ1v) is 8.57. The summed E-state index contributed by atoms with van der Waals surface area (Å²) in [6.07, 6.45) is -0.308. The van der Waals surface area contributed by atoms with Crippen molar-refractivity contribution in [2.45, 2.75) is 26.2 Å². The standard InChI is InChI=1S/C19H25ClN2O2/c1-15(23)12-21-9-10-22-13-16-5-4-7-18(11-16)24-14-17-6-2-3-8-19(17)20/h2-8,11,15,21-23H,9-10,12-14H2,1H3/t15-/m1/s1. The normalized spacial score (nSPS) is 12.1. The molecule has 0 aliphatic rings. The van der Waals surface area contributed by atoms with Gasteiger partial charge in [-0.3, -0.25) is 0 Å². The SMILES string of the molecule is C[C@@H](O)CNCCNCc1cccc(OCc2ccccc2Cl)c1. The molecule has 0 saturated carbocycles. The molecule has 4 nitrogen and oxygen atoms in total. The Morgan fingerprint density at radius 2 is 1.88 bits per heavy atom. The number of aliphatic hydroxyl groups is 1. The molecular weight excluding hydrogens is 324 g/mol. The average Bonchev–Trinajstić information content (AvgIpc) is 2.57. The van der Waals surface area contributed by atoms with Crippen LogP contribution in [0.2, 0.25) is 5.02 Å². The summed E-state index contributed by atoms with van der Waals surface area (Å²) in [7, 11) is 0. The third-order valence-electron chi connectivity index (χ3n) is 3.50. The topological polar surface area (TPSA) is 53.5 Å². The minimum atomic E-state index is -0.308. The Labute approximate surface area is 148 Å². The predicted molar refractivity (Wildman–Crippen MR) is 98.5 cm³/mol. The van der Waals surface area contributed by atoms with Gasteiger partial charge in [-0.15, -0.1) is 0 Å². The molecule has 0 amide bonds. The van der Waals surface area contributed by atoms with E-state index in [4.69, 9.17) is 21.4 Å². The highest BCUT2D eigenvalue weighted by Crippen LogP contribution is 2.19. The summed E-state index contributed by atoms with van der Waals surface area (Å²) in [5.41, 5.74) is 2.15. The summed E-state index contributed by atoms with van der Waals surface area (Å²) in [5.74, 6) is 0.835. The van der Waals surface area contributed by atoms with Crippen molar-refractivity contribution in [3.05, 3.63) is 64.7 Å². The van der Waals surface area contributed by atoms with E-state index in [-0.39, 0.29) is 6.10 Å². The van der Waals surface area contributed by atoms with Crippen molar-refractivity contribution in [1.82, 2.24) is 10.6 Å². The highest BCUT2D eigenvalue weighted by atomic mass is 35.5. The van der Waals surface area contributed by atoms with Gasteiger partial charge < -0.3 is 20.5 Å². The summed E-state index contributed by atoms with van der Waals surface area (Å²) in [5, 5.41) is 16.4. The third kappa shape index (κ3) is 6.89. The van der Waals surface area contributed by atoms with Gasteiger partial charge in [0.2, 0.25) is 0 Å². The molecule has 0 fully saturated rings. The smallest absolute Gasteiger partial charge is 0.120 e. The Morgan fingerprint density at radius 3 is 2.67 bits per heavy atom. The second-order valence-electron chi connectivity index (χ2n) is 5.76. The van der Waals surface area contributed by atoms with Gasteiger partial charge in [0, 0.05) is 36.8 Å². The zero-order valence-electron chi connectivity index (χ0n) is 14.0. The molecule has 2 aromatic carbocycles. The summed E-state index contributed by atoms with van der Waals surface area (Å²) >= 11 is 6.14. The largest absolute Gasteiger partial charge is 0.489 e. The number of aliphatic hydroxyl groups excluding tert-OH is 1. The maximum atomic E-state index is 9.16. The first-order chi connectivity index (χ1) is 11.6. The molecule has 0 saturated heterocycles. The summed E-state index contributed by atoms with van der Waals surface area (Å²) in [6, 6.07) is 15.7. The van der Waals surface area contributed by atoms with Gasteiger partial charge in [-0.25, -0.2) is 0 Å². The highest BCUT2D eigenvalue weighted by molar-refractivity contribution is 6.31. The van der Waals surface area contributed by atoms with Crippen molar-refractivity contribution in [3.8, 4) is 5.75 Å². The Morgan fingerprint density at radius 1 is 1.08 bits per heavy atom. The lowest BCUT2D eigenvalue weighted by Gasteiger charge is -2.10. The lowest BCUT2D eigenvalue weighted by atomic mass is 10.2. The van der Waals surface area contributed by atoms with Crippen LogP contribution in [0.15, 0.2) is 48.5 Å². The van der Waals surface area contributed by atoms with Gasteiger partial charge in [-0.05, 0) is 30.7 Å². The predicted octanol–water partition coefficient (Wildman–Crippen LogP) is 2.98. The van der Waals surface area contributed by atoms with Crippen LogP contribution < -0.4 is 15.4 Å². The van der Waals surface area contributed by atoms with Crippen LogP contribution in [0.3, 0.4) is 0 Å². The minimum Gasteiger partial charge on any atom is -0.489 e. The Balaban J connectivity index is 1.74. The van der Waals surface area contributed by atoms with Crippen molar-refractivity contribution in [1.29, 1.82) is 0 Å². The summed E-state index contributed by atoms with van der Waals surface area (Å²) in [6.45, 7) is 5.30. The highest BCUT2D eigenvalue weighted by Gasteiger charge is 2.02. The van der Waals surface area contributed by atoms with E-state index >= 15 is 0 Å². The number of nitrogens with one attached hydrogen (secondary N) is 2. The summed E-state index contributed by atoms with van der Waals surface area (Å²) in [4.78, 5) is 0. The van der Waals surface area contributed by atoms with Crippen LogP contribution in [0.5, 0.6) is 5.75 Å². The van der Waals surface area contributed by atoms with Crippen molar-refractivity contribution >= 4 is 11.6 Å². The van der Waals surface area contributed by atoms with Crippen LogP contribution in [0.25, 0.3) is 0 Å². The first kappa shape index (κ1) is 18.7. The molecule has 0 aliphatic heterocycles. The first-order valence-electron chi connectivity index (χ1n) is 8.20. The zero-order chi connectivity index (χ0) is 17.2. The minimum absolute atomic E-state index is 0.308. The van der Waals surface area contributed by atoms with E-state index < -0.39 is 0 Å². The van der Waals surface area contributed by atoms with Crippen molar-refractivity contribution in [3.63, 3.8) is 0 Å². The molecule has 0 heterocycles. The van der Waals surface area contributed by atoms with Gasteiger partial charge in [0.1, 0.15) is 12.4 Å². The van der Waals surface area contributed by atoms with E-state index in [2.05, 4.69) is 16.7 Å². The maximum absolute atomic E-state index is 9.16. The van der Waals surface area contributed by atoms with Gasteiger partial charge in [0.25, 0.3) is 0 Å². The lowest BCUT2D eigenvalue weighted by molar-refractivity contribution is 0.191. The molecule has 3 N–H and O–H groups in total. The molecular formula is C19H25ClN2O2. The van der Waals surface area contributed by atoms with Gasteiger partial charge in [-0.2, -0.15) is 0 Å². The lowest BCUT2D eigenvalue weighted by Crippen LogP contribution is -2.31. The second kappa shape index (κ2) is 10.3. The van der Waals surface area contributed by atoms with E-state index in [1.54, 1.807) is 6.92 Å². The van der Waals surface area contributed by atoms with Crippen LogP contribution >= 0.6 is 11.6 Å². The van der Waals surface area contributed by atoms with Gasteiger partial charge in [-0.1, -0.05) is 41.9 Å². The molecule has 0 bridgehead atoms. The van der Waals surface area contributed by atoms with Crippen LogP contribution in [0, 0.1) is 0 Å². The molecule has 5 heteroatoms. The number of hydrogen-bond acceptors (Lipinski definition) is 4. The fourth-order valence-corrected chi connectivity index (χ4v) is 2.43. The quantitative estimate of drug-likeness (QED) is 0.578. The van der Waals surface area contributed by atoms with Crippen molar-refractivity contribution in [2.75, 3.05) is 19.6 Å². The van der Waals surface area contributed by atoms with E-state index in [9.17, 15) is 0 Å². The number of rotatable bonds is 10. The van der Waals surface area contributed by atoms with E-state index in [0.717, 1.165) is 36.0 Å². The number of ether oxygens (including phenoxy) is 1. The van der Waals surface area contributed by atoms with Crippen molar-refractivity contribution < 1.29 is 9.84 Å². The van der Waals surface area contributed by atoms with Crippen LogP contribution in [-0.4, -0.2) is 30.8 Å². The molecule has 130 valence electrons. The molecule has 2 aromatic rings. The second-order valence-corrected chi connectivity index (χ2v) is 6.16. The molecule has 0 aliphatic carbocycles. The van der Waals surface area contributed by atoms with E-state index in [1.165, 1.54) is 5.56 Å². The van der Waals surface area contributed by atoms with E-state index in [0.29, 0.717) is 13.2 Å². The van der Waals surface area contributed by atoms with Crippen LogP contribution in [0.1, 0.15) is 18.1 Å². The number of hydrogen-bond donors (Lipinski definition) is 3. The Hall–Kier alpha value is -1.59. The molecule has 1 atom stereocenters. The average molecular weight is 349 g/mol. The molecule has 0 unspecified atom stereocenters. The maximum Gasteiger partial charge on any atom is 0.120 e. The molecule has 0 spiro atoms. The molecule has 2 rings (SSSR count). The molecule has 0 aromatic heterocycles. The van der Waals surface area contributed by atoms with Gasteiger partial charge >= 0.3 is 0 Å². The molecule has 24 heavy (non-hydrogen) atoms. The van der Waals surface area contributed by atoms with Gasteiger partial charge in [0.15, 0.2) is 0 Å². The number of benzene rings is 2.